The predicted molar refractivity (Wildman–Crippen MR) is 33.1 cm³/mol. The van der Waals surface area contributed by atoms with Crippen molar-refractivity contribution in [2.75, 3.05) is 18.6 Å². The first-order valence-corrected chi connectivity index (χ1v) is 3.53. The van der Waals surface area contributed by atoms with Crippen LogP contribution in [-0.4, -0.2) is 18.6 Å². The summed E-state index contributed by atoms with van der Waals surface area (Å²) in [6.45, 7) is -0.0828. The molecule has 0 aliphatic heterocycles. The monoisotopic (exact) mass is 117 g/mol. The highest BCUT2D eigenvalue weighted by Crippen LogP contribution is 1.89. The Bertz CT molecular complexity index is 52.0. The van der Waals surface area contributed by atoms with E-state index in [-0.39, 0.29) is 6.61 Å². The Morgan fingerprint density at radius 1 is 1.57 bits per heavy atom. The first-order chi connectivity index (χ1) is 3.41. The van der Waals surface area contributed by atoms with E-state index >= 15 is 0 Å². The van der Waals surface area contributed by atoms with Gasteiger partial charge in [-0.3, -0.25) is 0 Å². The lowest BCUT2D eigenvalue weighted by molar-refractivity contribution is 0.232. The molecule has 1 radical (unpaired) electrons. The van der Waals surface area contributed by atoms with Crippen LogP contribution in [0.5, 0.6) is 0 Å². The van der Waals surface area contributed by atoms with Gasteiger partial charge in [-0.2, -0.15) is 11.8 Å². The van der Waals surface area contributed by atoms with E-state index in [2.05, 4.69) is 0 Å². The van der Waals surface area contributed by atoms with Crippen molar-refractivity contribution in [1.82, 2.24) is 0 Å². The molecule has 0 aromatic carbocycles. The Labute approximate surface area is 48.4 Å². The molecule has 0 saturated heterocycles. The summed E-state index contributed by atoms with van der Waals surface area (Å²) >= 11 is 1.72. The van der Waals surface area contributed by atoms with Crippen molar-refractivity contribution in [2.24, 2.45) is 0 Å². The number of thioether (sulfide) groups is 1. The molecule has 0 aliphatic rings. The molecule has 0 atom stereocenters. The van der Waals surface area contributed by atoms with Crippen LogP contribution in [0, 0.1) is 0 Å². The maximum atomic E-state index is 9.71. The minimum Gasteiger partial charge on any atom is -0.232 e. The maximum absolute atomic E-state index is 9.71. The van der Waals surface area contributed by atoms with Crippen LogP contribution in [-0.2, 0) is 5.11 Å². The lowest BCUT2D eigenvalue weighted by Crippen LogP contribution is -1.69. The molecule has 0 saturated carbocycles. The maximum Gasteiger partial charge on any atom is 0.100 e. The van der Waals surface area contributed by atoms with Crippen LogP contribution < -0.4 is 0 Å². The SMILES string of the molecule is CSCC=CC[O]. The predicted octanol–water partition coefficient (Wildman–Crippen LogP) is 1.34. The van der Waals surface area contributed by atoms with Crippen LogP contribution in [0.4, 0.5) is 0 Å². The van der Waals surface area contributed by atoms with Crippen LogP contribution in [0.2, 0.25) is 0 Å². The largest absolute Gasteiger partial charge is 0.232 e. The molecule has 2 heteroatoms. The fourth-order valence-electron chi connectivity index (χ4n) is 0.232. The zero-order valence-corrected chi connectivity index (χ0v) is 5.20. The number of hydrogen-bond acceptors (Lipinski definition) is 1. The molecule has 0 unspecified atom stereocenters. The zero-order valence-electron chi connectivity index (χ0n) is 4.39. The van der Waals surface area contributed by atoms with Crippen LogP contribution in [0.25, 0.3) is 0 Å². The van der Waals surface area contributed by atoms with Crippen molar-refractivity contribution in [1.29, 1.82) is 0 Å². The fraction of sp³-hybridized carbons (Fsp3) is 0.600. The summed E-state index contributed by atoms with van der Waals surface area (Å²) in [7, 11) is 0. The average molecular weight is 117 g/mol. The van der Waals surface area contributed by atoms with Crippen molar-refractivity contribution in [3.05, 3.63) is 12.2 Å². The van der Waals surface area contributed by atoms with E-state index in [1.165, 1.54) is 0 Å². The van der Waals surface area contributed by atoms with Crippen LogP contribution in [0.1, 0.15) is 0 Å². The molecule has 0 aliphatic carbocycles. The van der Waals surface area contributed by atoms with Gasteiger partial charge < -0.3 is 0 Å². The van der Waals surface area contributed by atoms with Gasteiger partial charge in [0.1, 0.15) is 6.61 Å². The third kappa shape index (κ3) is 6.05. The molecule has 0 fully saturated rings. The second kappa shape index (κ2) is 6.05. The average Bonchev–Trinajstić information content (AvgIpc) is 1.69. The van der Waals surface area contributed by atoms with E-state index in [1.54, 1.807) is 17.8 Å². The van der Waals surface area contributed by atoms with E-state index in [9.17, 15) is 5.11 Å². The Morgan fingerprint density at radius 3 is 2.71 bits per heavy atom. The summed E-state index contributed by atoms with van der Waals surface area (Å²) in [4.78, 5) is 0. The molecular formula is C5H9OS. The smallest absolute Gasteiger partial charge is 0.100 e. The van der Waals surface area contributed by atoms with Crippen molar-refractivity contribution >= 4 is 11.8 Å². The van der Waals surface area contributed by atoms with Gasteiger partial charge in [-0.05, 0) is 6.26 Å². The molecule has 0 heterocycles. The summed E-state index contributed by atoms with van der Waals surface area (Å²) in [5, 5.41) is 9.71. The van der Waals surface area contributed by atoms with Gasteiger partial charge in [0.05, 0.1) is 0 Å². The van der Waals surface area contributed by atoms with Gasteiger partial charge in [-0.1, -0.05) is 12.2 Å². The number of rotatable bonds is 3. The van der Waals surface area contributed by atoms with Gasteiger partial charge in [-0.25, -0.2) is 5.11 Å². The molecule has 0 spiro atoms. The topological polar surface area (TPSA) is 19.9 Å². The molecule has 0 N–H and O–H groups in total. The third-order valence-electron chi connectivity index (χ3n) is 0.526. The minimum absolute atomic E-state index is 0.0828. The number of hydrogen-bond donors (Lipinski definition) is 0. The molecule has 0 aromatic heterocycles. The van der Waals surface area contributed by atoms with Gasteiger partial charge in [0.2, 0.25) is 0 Å². The second-order valence-corrected chi connectivity index (χ2v) is 2.00. The fourth-order valence-corrected chi connectivity index (χ4v) is 0.561. The van der Waals surface area contributed by atoms with E-state index in [0.29, 0.717) is 0 Å². The highest BCUT2D eigenvalue weighted by molar-refractivity contribution is 7.98. The highest BCUT2D eigenvalue weighted by Gasteiger charge is 1.69. The van der Waals surface area contributed by atoms with E-state index in [0.717, 1.165) is 5.75 Å². The third-order valence-corrected chi connectivity index (χ3v) is 1.05. The van der Waals surface area contributed by atoms with Crippen LogP contribution >= 0.6 is 11.8 Å². The molecule has 41 valence electrons. The summed E-state index contributed by atoms with van der Waals surface area (Å²) in [6, 6.07) is 0. The zero-order chi connectivity index (χ0) is 5.54. The minimum atomic E-state index is -0.0828. The normalized spacial score (nSPS) is 10.6. The second-order valence-electron chi connectivity index (χ2n) is 1.09. The first-order valence-electron chi connectivity index (χ1n) is 2.14. The van der Waals surface area contributed by atoms with Gasteiger partial charge in [-0.15, -0.1) is 0 Å². The molecule has 0 bridgehead atoms. The Hall–Kier alpha value is 0.0500. The Kier molecular flexibility index (Phi) is 6.09. The Balaban J connectivity index is 2.78. The molecular weight excluding hydrogens is 108 g/mol. The Morgan fingerprint density at radius 2 is 2.29 bits per heavy atom. The summed E-state index contributed by atoms with van der Waals surface area (Å²) in [6.07, 6.45) is 5.53. The van der Waals surface area contributed by atoms with Gasteiger partial charge in [0.15, 0.2) is 0 Å². The van der Waals surface area contributed by atoms with Crippen molar-refractivity contribution in [3.63, 3.8) is 0 Å². The molecule has 0 aromatic rings. The lowest BCUT2D eigenvalue weighted by Gasteiger charge is -1.79. The quantitative estimate of drug-likeness (QED) is 0.511. The van der Waals surface area contributed by atoms with E-state index < -0.39 is 0 Å². The molecule has 1 nitrogen and oxygen atoms in total. The van der Waals surface area contributed by atoms with Crippen molar-refractivity contribution < 1.29 is 5.11 Å². The summed E-state index contributed by atoms with van der Waals surface area (Å²) in [5.41, 5.74) is 0. The highest BCUT2D eigenvalue weighted by atomic mass is 32.2. The molecule has 7 heavy (non-hydrogen) atoms. The van der Waals surface area contributed by atoms with Gasteiger partial charge >= 0.3 is 0 Å². The summed E-state index contributed by atoms with van der Waals surface area (Å²) in [5.74, 6) is 0.961. The lowest BCUT2D eigenvalue weighted by atomic mass is 10.6. The standard InChI is InChI=1S/C5H9OS/c1-7-5-3-2-4-6/h2-3H,4-5H2,1H3. The van der Waals surface area contributed by atoms with Crippen LogP contribution in [0.15, 0.2) is 12.2 Å². The van der Waals surface area contributed by atoms with Gasteiger partial charge in [0.25, 0.3) is 0 Å². The first kappa shape index (κ1) is 7.05. The molecule has 0 amide bonds. The van der Waals surface area contributed by atoms with Crippen molar-refractivity contribution in [3.8, 4) is 0 Å². The summed E-state index contributed by atoms with van der Waals surface area (Å²) < 4.78 is 0. The van der Waals surface area contributed by atoms with Crippen LogP contribution in [0.3, 0.4) is 0 Å². The van der Waals surface area contributed by atoms with Gasteiger partial charge in [0, 0.05) is 5.75 Å². The van der Waals surface area contributed by atoms with E-state index in [1.807, 2.05) is 12.3 Å². The van der Waals surface area contributed by atoms with Crippen molar-refractivity contribution in [2.45, 2.75) is 0 Å². The van der Waals surface area contributed by atoms with E-state index in [4.69, 9.17) is 0 Å². The molecule has 0 rings (SSSR count).